The lowest BCUT2D eigenvalue weighted by atomic mass is 9.97. The van der Waals surface area contributed by atoms with E-state index in [0.717, 1.165) is 24.4 Å². The van der Waals surface area contributed by atoms with Gasteiger partial charge in [0.05, 0.1) is 0 Å². The quantitative estimate of drug-likeness (QED) is 0.862. The van der Waals surface area contributed by atoms with E-state index in [1.165, 1.54) is 16.6 Å². The minimum atomic E-state index is -3.49. The Balaban J connectivity index is 1.72. The van der Waals surface area contributed by atoms with Crippen molar-refractivity contribution in [3.8, 4) is 0 Å². The summed E-state index contributed by atoms with van der Waals surface area (Å²) in [6.07, 6.45) is 4.72. The van der Waals surface area contributed by atoms with Gasteiger partial charge in [0, 0.05) is 37.1 Å². The zero-order valence-electron chi connectivity index (χ0n) is 12.4. The summed E-state index contributed by atoms with van der Waals surface area (Å²) in [5.41, 5.74) is 0.938. The van der Waals surface area contributed by atoms with Gasteiger partial charge in [-0.3, -0.25) is 0 Å². The molecule has 3 heterocycles. The molecule has 0 bridgehead atoms. The maximum absolute atomic E-state index is 12.5. The average molecular weight is 318 g/mol. The van der Waals surface area contributed by atoms with E-state index >= 15 is 0 Å². The summed E-state index contributed by atoms with van der Waals surface area (Å²) in [5.74, 6) is 1.03. The van der Waals surface area contributed by atoms with Crippen LogP contribution in [0.15, 0.2) is 41.7 Å². The monoisotopic (exact) mass is 318 g/mol. The third-order valence-electron chi connectivity index (χ3n) is 3.87. The highest BCUT2D eigenvalue weighted by Gasteiger charge is 2.31. The minimum Gasteiger partial charge on any atom is -0.243 e. The van der Waals surface area contributed by atoms with Crippen LogP contribution in [0.25, 0.3) is 0 Å². The van der Waals surface area contributed by atoms with Crippen molar-refractivity contribution in [1.82, 2.24) is 19.3 Å². The van der Waals surface area contributed by atoms with E-state index in [9.17, 15) is 8.42 Å². The van der Waals surface area contributed by atoms with Crippen LogP contribution in [0.5, 0.6) is 0 Å². The van der Waals surface area contributed by atoms with Crippen molar-refractivity contribution in [1.29, 1.82) is 0 Å². The van der Waals surface area contributed by atoms with Crippen LogP contribution in [0, 0.1) is 6.92 Å². The third kappa shape index (κ3) is 3.00. The van der Waals surface area contributed by atoms with Gasteiger partial charge < -0.3 is 0 Å². The average Bonchev–Trinajstić information content (AvgIpc) is 2.56. The maximum Gasteiger partial charge on any atom is 0.260 e. The van der Waals surface area contributed by atoms with Crippen molar-refractivity contribution in [3.63, 3.8) is 0 Å². The second-order valence-corrected chi connectivity index (χ2v) is 7.29. The van der Waals surface area contributed by atoms with Gasteiger partial charge in [-0.25, -0.2) is 23.4 Å². The fourth-order valence-electron chi connectivity index (χ4n) is 2.65. The molecule has 0 spiro atoms. The van der Waals surface area contributed by atoms with E-state index in [0.29, 0.717) is 13.1 Å². The van der Waals surface area contributed by atoms with E-state index in [2.05, 4.69) is 15.0 Å². The predicted molar refractivity (Wildman–Crippen MR) is 81.7 cm³/mol. The van der Waals surface area contributed by atoms with Crippen molar-refractivity contribution in [2.45, 2.75) is 30.7 Å². The van der Waals surface area contributed by atoms with Gasteiger partial charge in [0.2, 0.25) is 0 Å². The van der Waals surface area contributed by atoms with E-state index in [4.69, 9.17) is 0 Å². The molecule has 7 heteroatoms. The number of rotatable bonds is 3. The molecule has 0 unspecified atom stereocenters. The van der Waals surface area contributed by atoms with Crippen LogP contribution in [0.3, 0.4) is 0 Å². The molecule has 0 atom stereocenters. The molecule has 1 fully saturated rings. The van der Waals surface area contributed by atoms with Crippen LogP contribution in [-0.4, -0.2) is 40.8 Å². The van der Waals surface area contributed by atoms with Gasteiger partial charge in [-0.15, -0.1) is 0 Å². The lowest BCUT2D eigenvalue weighted by molar-refractivity contribution is 0.312. The Hall–Kier alpha value is -1.86. The van der Waals surface area contributed by atoms with Gasteiger partial charge in [-0.1, -0.05) is 6.07 Å². The van der Waals surface area contributed by atoms with Crippen molar-refractivity contribution in [2.24, 2.45) is 0 Å². The highest BCUT2D eigenvalue weighted by molar-refractivity contribution is 7.89. The van der Waals surface area contributed by atoms with Crippen molar-refractivity contribution < 1.29 is 8.42 Å². The smallest absolute Gasteiger partial charge is 0.243 e. The van der Waals surface area contributed by atoms with Crippen LogP contribution in [0.1, 0.15) is 30.3 Å². The molecule has 0 N–H and O–H groups in total. The second-order valence-electron chi connectivity index (χ2n) is 5.40. The SMILES string of the molecule is Cc1ccnc(C2CCN(S(=O)(=O)c3ccccn3)CC2)n1. The highest BCUT2D eigenvalue weighted by Crippen LogP contribution is 2.28. The van der Waals surface area contributed by atoms with E-state index < -0.39 is 10.0 Å². The normalized spacial score (nSPS) is 17.5. The van der Waals surface area contributed by atoms with E-state index in [1.807, 2.05) is 13.0 Å². The Morgan fingerprint density at radius 2 is 1.86 bits per heavy atom. The first-order valence-corrected chi connectivity index (χ1v) is 8.72. The van der Waals surface area contributed by atoms with Gasteiger partial charge in [0.1, 0.15) is 5.82 Å². The zero-order chi connectivity index (χ0) is 15.6. The van der Waals surface area contributed by atoms with Gasteiger partial charge in [-0.2, -0.15) is 4.31 Å². The second kappa shape index (κ2) is 6.10. The van der Waals surface area contributed by atoms with Crippen LogP contribution in [0.2, 0.25) is 0 Å². The molecular weight excluding hydrogens is 300 g/mol. The Morgan fingerprint density at radius 1 is 1.09 bits per heavy atom. The van der Waals surface area contributed by atoms with Crippen molar-refractivity contribution in [2.75, 3.05) is 13.1 Å². The van der Waals surface area contributed by atoms with E-state index in [-0.39, 0.29) is 10.9 Å². The number of aryl methyl sites for hydroxylation is 1. The topological polar surface area (TPSA) is 76.1 Å². The number of piperidine rings is 1. The summed E-state index contributed by atoms with van der Waals surface area (Å²) in [4.78, 5) is 12.7. The van der Waals surface area contributed by atoms with Crippen molar-refractivity contribution in [3.05, 3.63) is 48.2 Å². The fourth-order valence-corrected chi connectivity index (χ4v) is 4.05. The van der Waals surface area contributed by atoms with Crippen molar-refractivity contribution >= 4 is 10.0 Å². The van der Waals surface area contributed by atoms with Gasteiger partial charge in [0.15, 0.2) is 5.03 Å². The Labute approximate surface area is 130 Å². The molecule has 6 nitrogen and oxygen atoms in total. The lowest BCUT2D eigenvalue weighted by Crippen LogP contribution is -2.38. The lowest BCUT2D eigenvalue weighted by Gasteiger charge is -2.30. The molecule has 0 radical (unpaired) electrons. The molecule has 22 heavy (non-hydrogen) atoms. The molecule has 3 rings (SSSR count). The van der Waals surface area contributed by atoms with Crippen LogP contribution in [0.4, 0.5) is 0 Å². The number of nitrogens with zero attached hydrogens (tertiary/aromatic N) is 4. The molecule has 0 saturated carbocycles. The maximum atomic E-state index is 12.5. The molecule has 2 aromatic rings. The first-order chi connectivity index (χ1) is 10.6. The molecule has 0 amide bonds. The summed E-state index contributed by atoms with van der Waals surface area (Å²) in [6, 6.07) is 6.79. The number of sulfonamides is 1. The first kappa shape index (κ1) is 15.1. The highest BCUT2D eigenvalue weighted by atomic mass is 32.2. The Morgan fingerprint density at radius 3 is 2.50 bits per heavy atom. The van der Waals surface area contributed by atoms with Gasteiger partial charge in [0.25, 0.3) is 10.0 Å². The molecule has 0 aromatic carbocycles. The van der Waals surface area contributed by atoms with Crippen LogP contribution in [-0.2, 0) is 10.0 Å². The number of aromatic nitrogens is 3. The summed E-state index contributed by atoms with van der Waals surface area (Å²) >= 11 is 0. The van der Waals surface area contributed by atoms with E-state index in [1.54, 1.807) is 18.3 Å². The van der Waals surface area contributed by atoms with Crippen LogP contribution >= 0.6 is 0 Å². The number of pyridine rings is 1. The first-order valence-electron chi connectivity index (χ1n) is 7.28. The molecular formula is C15H18N4O2S. The van der Waals surface area contributed by atoms with Gasteiger partial charge >= 0.3 is 0 Å². The summed E-state index contributed by atoms with van der Waals surface area (Å²) in [7, 11) is -3.49. The number of hydrogen-bond acceptors (Lipinski definition) is 5. The van der Waals surface area contributed by atoms with Gasteiger partial charge in [-0.05, 0) is 38.0 Å². The Bertz CT molecular complexity index is 741. The predicted octanol–water partition coefficient (Wildman–Crippen LogP) is 1.75. The van der Waals surface area contributed by atoms with Crippen LogP contribution < -0.4 is 0 Å². The summed E-state index contributed by atoms with van der Waals surface area (Å²) in [5, 5.41) is 0.111. The molecule has 1 saturated heterocycles. The third-order valence-corrected chi connectivity index (χ3v) is 5.69. The molecule has 2 aromatic heterocycles. The fraction of sp³-hybridized carbons (Fsp3) is 0.400. The molecule has 0 aliphatic carbocycles. The molecule has 1 aliphatic heterocycles. The molecule has 1 aliphatic rings. The summed E-state index contributed by atoms with van der Waals surface area (Å²) in [6.45, 7) is 2.88. The number of hydrogen-bond donors (Lipinski definition) is 0. The Kier molecular flexibility index (Phi) is 4.17. The standard InChI is InChI=1S/C15H18N4O2S/c1-12-5-9-17-15(18-12)13-6-10-19(11-7-13)22(20,21)14-4-2-3-8-16-14/h2-5,8-9,13H,6-7,10-11H2,1H3. The zero-order valence-corrected chi connectivity index (χ0v) is 13.2. The largest absolute Gasteiger partial charge is 0.260 e. The minimum absolute atomic E-state index is 0.111. The summed E-state index contributed by atoms with van der Waals surface area (Å²) < 4.78 is 26.5. The molecule has 116 valence electrons.